The van der Waals surface area contributed by atoms with Gasteiger partial charge >= 0.3 is 0 Å². The molecule has 0 bridgehead atoms. The fourth-order valence-electron chi connectivity index (χ4n) is 1.85. The molecule has 0 amide bonds. The first-order valence-corrected chi connectivity index (χ1v) is 8.16. The van der Waals surface area contributed by atoms with Crippen molar-refractivity contribution in [2.45, 2.75) is 18.4 Å². The number of benzene rings is 1. The van der Waals surface area contributed by atoms with Crippen molar-refractivity contribution in [2.24, 2.45) is 0 Å². The van der Waals surface area contributed by atoms with Gasteiger partial charge in [0.2, 0.25) is 0 Å². The quantitative estimate of drug-likeness (QED) is 0.886. The highest BCUT2D eigenvalue weighted by molar-refractivity contribution is 7.92. The first-order chi connectivity index (χ1) is 9.92. The first-order valence-electron chi connectivity index (χ1n) is 6.30. The molecule has 0 atom stereocenters. The van der Waals surface area contributed by atoms with E-state index < -0.39 is 10.0 Å². The van der Waals surface area contributed by atoms with Gasteiger partial charge in [0.15, 0.2) is 0 Å². The molecular weight excluding hydrogens is 310 g/mol. The summed E-state index contributed by atoms with van der Waals surface area (Å²) < 4.78 is 27.1. The van der Waals surface area contributed by atoms with Crippen LogP contribution in [0.25, 0.3) is 0 Å². The maximum absolute atomic E-state index is 12.3. The van der Waals surface area contributed by atoms with E-state index in [1.54, 1.807) is 25.4 Å². The lowest BCUT2D eigenvalue weighted by molar-refractivity contribution is 0.601. The lowest BCUT2D eigenvalue weighted by Gasteiger charge is -2.10. The Labute approximate surface area is 129 Å². The van der Waals surface area contributed by atoms with Crippen molar-refractivity contribution in [2.75, 3.05) is 11.8 Å². The Morgan fingerprint density at radius 1 is 1.24 bits per heavy atom. The fraction of sp³-hybridized carbons (Fsp3) is 0.214. The maximum Gasteiger partial charge on any atom is 0.261 e. The number of nitrogens with zero attached hydrogens (tertiary/aromatic N) is 1. The van der Waals surface area contributed by atoms with Crippen molar-refractivity contribution in [1.82, 2.24) is 10.3 Å². The Bertz CT molecular complexity index is 748. The number of hydrogen-bond donors (Lipinski definition) is 2. The minimum Gasteiger partial charge on any atom is -0.316 e. The number of sulfonamides is 1. The van der Waals surface area contributed by atoms with Gasteiger partial charge in [-0.15, -0.1) is 0 Å². The van der Waals surface area contributed by atoms with Crippen LogP contribution in [0.2, 0.25) is 5.02 Å². The molecule has 0 saturated carbocycles. The van der Waals surface area contributed by atoms with Gasteiger partial charge in [0, 0.05) is 17.8 Å². The van der Waals surface area contributed by atoms with E-state index in [0.717, 1.165) is 11.1 Å². The molecule has 2 aromatic rings. The molecule has 0 spiro atoms. The van der Waals surface area contributed by atoms with E-state index in [2.05, 4.69) is 15.0 Å². The molecule has 112 valence electrons. The number of rotatable bonds is 5. The molecule has 7 heteroatoms. The third kappa shape index (κ3) is 3.93. The normalized spacial score (nSPS) is 11.4. The van der Waals surface area contributed by atoms with Gasteiger partial charge in [-0.1, -0.05) is 17.7 Å². The van der Waals surface area contributed by atoms with Gasteiger partial charge in [0.25, 0.3) is 10.0 Å². The van der Waals surface area contributed by atoms with Crippen LogP contribution in [-0.4, -0.2) is 20.4 Å². The number of pyridine rings is 1. The highest BCUT2D eigenvalue weighted by Crippen LogP contribution is 2.22. The van der Waals surface area contributed by atoms with Crippen LogP contribution < -0.4 is 10.0 Å². The molecule has 21 heavy (non-hydrogen) atoms. The topological polar surface area (TPSA) is 71.1 Å². The van der Waals surface area contributed by atoms with Crippen molar-refractivity contribution >= 4 is 27.3 Å². The third-order valence-corrected chi connectivity index (χ3v) is 4.56. The Morgan fingerprint density at radius 3 is 2.62 bits per heavy atom. The highest BCUT2D eigenvalue weighted by atomic mass is 35.5. The van der Waals surface area contributed by atoms with Crippen LogP contribution >= 0.6 is 11.6 Å². The summed E-state index contributed by atoms with van der Waals surface area (Å²) in [7, 11) is -1.88. The standard InChI is InChI=1S/C14H16ClN3O2S/c1-10-5-12(9-17-7-10)18-21(19,20)13-4-3-11(8-16-2)14(15)6-13/h3-7,9,16,18H,8H2,1-2H3. The first kappa shape index (κ1) is 15.8. The summed E-state index contributed by atoms with van der Waals surface area (Å²) in [6.07, 6.45) is 3.11. The van der Waals surface area contributed by atoms with Gasteiger partial charge in [-0.3, -0.25) is 9.71 Å². The lowest BCUT2D eigenvalue weighted by Crippen LogP contribution is -2.14. The molecule has 0 aliphatic heterocycles. The number of aryl methyl sites for hydroxylation is 1. The van der Waals surface area contributed by atoms with Crippen LogP contribution in [0, 0.1) is 6.92 Å². The third-order valence-electron chi connectivity index (χ3n) is 2.83. The Morgan fingerprint density at radius 2 is 2.00 bits per heavy atom. The molecule has 0 unspecified atom stereocenters. The summed E-state index contributed by atoms with van der Waals surface area (Å²) in [4.78, 5) is 4.08. The SMILES string of the molecule is CNCc1ccc(S(=O)(=O)Nc2cncc(C)c2)cc1Cl. The second kappa shape index (κ2) is 6.43. The lowest BCUT2D eigenvalue weighted by atomic mass is 10.2. The molecule has 1 heterocycles. The average molecular weight is 326 g/mol. The Hall–Kier alpha value is -1.63. The van der Waals surface area contributed by atoms with E-state index in [1.165, 1.54) is 18.3 Å². The van der Waals surface area contributed by atoms with Crippen LogP contribution in [0.5, 0.6) is 0 Å². The van der Waals surface area contributed by atoms with Crippen molar-refractivity contribution in [1.29, 1.82) is 0 Å². The minimum atomic E-state index is -3.68. The van der Waals surface area contributed by atoms with Crippen molar-refractivity contribution < 1.29 is 8.42 Å². The molecular formula is C14H16ClN3O2S. The van der Waals surface area contributed by atoms with Crippen LogP contribution in [-0.2, 0) is 16.6 Å². The molecule has 5 nitrogen and oxygen atoms in total. The molecule has 1 aromatic carbocycles. The average Bonchev–Trinajstić information content (AvgIpc) is 2.40. The monoisotopic (exact) mass is 325 g/mol. The van der Waals surface area contributed by atoms with Gasteiger partial charge in [-0.2, -0.15) is 0 Å². The zero-order chi connectivity index (χ0) is 15.5. The highest BCUT2D eigenvalue weighted by Gasteiger charge is 2.16. The minimum absolute atomic E-state index is 0.119. The maximum atomic E-state index is 12.3. The molecule has 2 rings (SSSR count). The second-order valence-corrected chi connectivity index (χ2v) is 6.73. The van der Waals surface area contributed by atoms with E-state index in [4.69, 9.17) is 11.6 Å². The summed E-state index contributed by atoms with van der Waals surface area (Å²) in [5.41, 5.74) is 2.14. The van der Waals surface area contributed by atoms with E-state index in [9.17, 15) is 8.42 Å². The van der Waals surface area contributed by atoms with Crippen molar-refractivity contribution in [3.05, 3.63) is 52.8 Å². The zero-order valence-corrected chi connectivity index (χ0v) is 13.3. The number of hydrogen-bond acceptors (Lipinski definition) is 4. The Balaban J connectivity index is 2.29. The van der Waals surface area contributed by atoms with E-state index in [-0.39, 0.29) is 4.90 Å². The van der Waals surface area contributed by atoms with Crippen LogP contribution in [0.4, 0.5) is 5.69 Å². The Kier molecular flexibility index (Phi) is 4.82. The van der Waals surface area contributed by atoms with E-state index >= 15 is 0 Å². The number of aromatic nitrogens is 1. The summed E-state index contributed by atoms with van der Waals surface area (Å²) in [5.74, 6) is 0. The fourth-order valence-corrected chi connectivity index (χ4v) is 3.23. The van der Waals surface area contributed by atoms with Crippen molar-refractivity contribution in [3.8, 4) is 0 Å². The van der Waals surface area contributed by atoms with Crippen molar-refractivity contribution in [3.63, 3.8) is 0 Å². The summed E-state index contributed by atoms with van der Waals surface area (Å²) in [5, 5.41) is 3.38. The molecule has 0 radical (unpaired) electrons. The van der Waals surface area contributed by atoms with E-state index in [0.29, 0.717) is 17.3 Å². The molecule has 0 saturated heterocycles. The molecule has 0 aliphatic rings. The predicted molar refractivity (Wildman–Crippen MR) is 84.0 cm³/mol. The smallest absolute Gasteiger partial charge is 0.261 e. The number of anilines is 1. The molecule has 0 aliphatic carbocycles. The largest absolute Gasteiger partial charge is 0.316 e. The summed E-state index contributed by atoms with van der Waals surface area (Å²) in [6.45, 7) is 2.42. The van der Waals surface area contributed by atoms with Gasteiger partial charge in [-0.25, -0.2) is 8.42 Å². The van der Waals surface area contributed by atoms with Gasteiger partial charge in [0.1, 0.15) is 0 Å². The summed E-state index contributed by atoms with van der Waals surface area (Å²) >= 11 is 6.10. The van der Waals surface area contributed by atoms with Crippen LogP contribution in [0.1, 0.15) is 11.1 Å². The predicted octanol–water partition coefficient (Wildman–Crippen LogP) is 2.56. The van der Waals surface area contributed by atoms with E-state index in [1.807, 2.05) is 6.92 Å². The van der Waals surface area contributed by atoms with Gasteiger partial charge in [0.05, 0.1) is 16.8 Å². The zero-order valence-electron chi connectivity index (χ0n) is 11.7. The van der Waals surface area contributed by atoms with Crippen LogP contribution in [0.15, 0.2) is 41.6 Å². The van der Waals surface area contributed by atoms with Gasteiger partial charge < -0.3 is 5.32 Å². The number of nitrogens with one attached hydrogen (secondary N) is 2. The summed E-state index contributed by atoms with van der Waals surface area (Å²) in [6, 6.07) is 6.38. The molecule has 0 fully saturated rings. The second-order valence-electron chi connectivity index (χ2n) is 4.64. The molecule has 1 aromatic heterocycles. The number of halogens is 1. The molecule has 2 N–H and O–H groups in total. The van der Waals surface area contributed by atoms with Gasteiger partial charge in [-0.05, 0) is 43.3 Å². The van der Waals surface area contributed by atoms with Crippen LogP contribution in [0.3, 0.4) is 0 Å².